The molecule has 37 heavy (non-hydrogen) atoms. The number of amides is 2. The molecule has 0 bridgehead atoms. The highest BCUT2D eigenvalue weighted by molar-refractivity contribution is 6.31. The van der Waals surface area contributed by atoms with E-state index in [1.54, 1.807) is 19.1 Å². The molecule has 1 aliphatic carbocycles. The molecule has 0 unspecified atom stereocenters. The Kier molecular flexibility index (Phi) is 8.79. The summed E-state index contributed by atoms with van der Waals surface area (Å²) >= 11 is 5.64. The average Bonchev–Trinajstić information content (AvgIpc) is 2.91. The lowest BCUT2D eigenvalue weighted by Crippen LogP contribution is -2.43. The summed E-state index contributed by atoms with van der Waals surface area (Å²) in [4.78, 5) is 39.6. The molecule has 2 atom stereocenters. The van der Waals surface area contributed by atoms with Gasteiger partial charge in [-0.3, -0.25) is 14.4 Å². The van der Waals surface area contributed by atoms with E-state index in [1.165, 1.54) is 0 Å². The van der Waals surface area contributed by atoms with Gasteiger partial charge in [0.15, 0.2) is 11.6 Å². The predicted octanol–water partition coefficient (Wildman–Crippen LogP) is 5.95. The summed E-state index contributed by atoms with van der Waals surface area (Å²) < 4.78 is 32.1. The summed E-state index contributed by atoms with van der Waals surface area (Å²) in [5.41, 5.74) is 1.56. The Hall–Kier alpha value is -3.00. The molecular formula is C28H31ClF2N2O4. The second-order valence-electron chi connectivity index (χ2n) is 9.74. The molecule has 0 radical (unpaired) electrons. The fourth-order valence-corrected chi connectivity index (χ4v) is 5.52. The fourth-order valence-electron chi connectivity index (χ4n) is 5.31. The standard InChI is InChI=1S/C28H31ClF2N2O4/c1-2-37-28(36)20-5-3-4-19(14-20)27(35)33-12-10-18(11-13-33)17-6-8-22(9-7-17)32-26(34)21-15-23(29)25(31)24(30)16-21/h6-9,15-16,18-20H,2-5,10-14H2,1H3,(H,32,34)/t19-,20+/m0/s1. The molecule has 2 amide bonds. The van der Waals surface area contributed by atoms with E-state index in [0.29, 0.717) is 31.8 Å². The van der Waals surface area contributed by atoms with E-state index in [4.69, 9.17) is 16.3 Å². The highest BCUT2D eigenvalue weighted by Gasteiger charge is 2.35. The summed E-state index contributed by atoms with van der Waals surface area (Å²) in [6, 6.07) is 9.29. The Morgan fingerprint density at radius 2 is 1.70 bits per heavy atom. The van der Waals surface area contributed by atoms with Gasteiger partial charge in [-0.2, -0.15) is 0 Å². The quantitative estimate of drug-likeness (QED) is 0.369. The number of hydrogen-bond acceptors (Lipinski definition) is 4. The Bertz CT molecular complexity index is 1130. The van der Waals surface area contributed by atoms with Crippen LogP contribution in [0.5, 0.6) is 0 Å². The first-order valence-electron chi connectivity index (χ1n) is 12.8. The van der Waals surface area contributed by atoms with Crippen molar-refractivity contribution in [2.75, 3.05) is 25.0 Å². The number of rotatable bonds is 6. The number of ether oxygens (including phenoxy) is 1. The lowest BCUT2D eigenvalue weighted by Gasteiger charge is -2.36. The smallest absolute Gasteiger partial charge is 0.308 e. The summed E-state index contributed by atoms with van der Waals surface area (Å²) in [7, 11) is 0. The van der Waals surface area contributed by atoms with Gasteiger partial charge in [-0.25, -0.2) is 8.78 Å². The van der Waals surface area contributed by atoms with E-state index in [2.05, 4.69) is 5.32 Å². The van der Waals surface area contributed by atoms with Crippen LogP contribution in [-0.4, -0.2) is 42.4 Å². The molecular weight excluding hydrogens is 502 g/mol. The maximum atomic E-state index is 13.6. The monoisotopic (exact) mass is 532 g/mol. The number of nitrogens with zero attached hydrogens (tertiary/aromatic N) is 1. The molecule has 198 valence electrons. The van der Waals surface area contributed by atoms with Crippen molar-refractivity contribution < 1.29 is 27.9 Å². The van der Waals surface area contributed by atoms with Crippen molar-refractivity contribution >= 4 is 35.1 Å². The number of esters is 1. The maximum absolute atomic E-state index is 13.6. The minimum absolute atomic E-state index is 0.0726. The van der Waals surface area contributed by atoms with E-state index in [0.717, 1.165) is 49.8 Å². The van der Waals surface area contributed by atoms with Crippen LogP contribution < -0.4 is 5.32 Å². The van der Waals surface area contributed by atoms with Crippen LogP contribution in [0.3, 0.4) is 0 Å². The normalized spacial score (nSPS) is 20.4. The van der Waals surface area contributed by atoms with E-state index < -0.39 is 22.6 Å². The largest absolute Gasteiger partial charge is 0.466 e. The Labute approximate surface area is 220 Å². The van der Waals surface area contributed by atoms with Crippen molar-refractivity contribution in [1.82, 2.24) is 4.90 Å². The van der Waals surface area contributed by atoms with Crippen molar-refractivity contribution in [1.29, 1.82) is 0 Å². The van der Waals surface area contributed by atoms with Gasteiger partial charge < -0.3 is 15.0 Å². The molecule has 1 N–H and O–H groups in total. The molecule has 2 aromatic rings. The van der Waals surface area contributed by atoms with E-state index in [9.17, 15) is 23.2 Å². The Morgan fingerprint density at radius 1 is 1.03 bits per heavy atom. The first-order chi connectivity index (χ1) is 17.8. The highest BCUT2D eigenvalue weighted by Crippen LogP contribution is 2.34. The highest BCUT2D eigenvalue weighted by atomic mass is 35.5. The van der Waals surface area contributed by atoms with Crippen molar-refractivity contribution in [3.63, 3.8) is 0 Å². The minimum atomic E-state index is -1.19. The van der Waals surface area contributed by atoms with Gasteiger partial charge in [-0.15, -0.1) is 0 Å². The number of nitrogens with one attached hydrogen (secondary N) is 1. The van der Waals surface area contributed by atoms with Crippen molar-refractivity contribution in [2.45, 2.75) is 51.4 Å². The third-order valence-corrected chi connectivity index (χ3v) is 7.61. The SMILES string of the molecule is CCOC(=O)[C@@H]1CCC[C@H](C(=O)N2CCC(c3ccc(NC(=O)c4cc(F)c(F)c(Cl)c4)cc3)CC2)C1. The fraction of sp³-hybridized carbons (Fsp3) is 0.464. The van der Waals surface area contributed by atoms with Crippen LogP contribution in [0.4, 0.5) is 14.5 Å². The maximum Gasteiger partial charge on any atom is 0.308 e. The molecule has 1 heterocycles. The number of anilines is 1. The van der Waals surface area contributed by atoms with Gasteiger partial charge in [0.1, 0.15) is 0 Å². The van der Waals surface area contributed by atoms with Gasteiger partial charge in [0.25, 0.3) is 5.91 Å². The van der Waals surface area contributed by atoms with Crippen LogP contribution in [0.25, 0.3) is 0 Å². The van der Waals surface area contributed by atoms with Crippen LogP contribution in [-0.2, 0) is 14.3 Å². The predicted molar refractivity (Wildman–Crippen MR) is 136 cm³/mol. The number of hydrogen-bond donors (Lipinski definition) is 1. The molecule has 0 aromatic heterocycles. The zero-order valence-electron chi connectivity index (χ0n) is 20.8. The molecule has 2 aliphatic rings. The molecule has 2 aromatic carbocycles. The minimum Gasteiger partial charge on any atom is -0.466 e. The van der Waals surface area contributed by atoms with Crippen LogP contribution in [0.1, 0.15) is 67.3 Å². The van der Waals surface area contributed by atoms with E-state index in [-0.39, 0.29) is 35.2 Å². The molecule has 9 heteroatoms. The zero-order chi connectivity index (χ0) is 26.5. The lowest BCUT2D eigenvalue weighted by atomic mass is 9.80. The first-order valence-corrected chi connectivity index (χ1v) is 13.2. The van der Waals surface area contributed by atoms with Crippen LogP contribution in [0.15, 0.2) is 36.4 Å². The number of halogens is 3. The Morgan fingerprint density at radius 3 is 2.35 bits per heavy atom. The summed E-state index contributed by atoms with van der Waals surface area (Å²) in [6.45, 7) is 3.49. The van der Waals surface area contributed by atoms with Gasteiger partial charge in [-0.1, -0.05) is 30.2 Å². The van der Waals surface area contributed by atoms with Crippen LogP contribution in [0.2, 0.25) is 5.02 Å². The second-order valence-corrected chi connectivity index (χ2v) is 10.1. The molecule has 1 saturated carbocycles. The van der Waals surface area contributed by atoms with Gasteiger partial charge >= 0.3 is 5.97 Å². The summed E-state index contributed by atoms with van der Waals surface area (Å²) in [5, 5.41) is 2.22. The molecule has 1 aliphatic heterocycles. The van der Waals surface area contributed by atoms with Crippen molar-refractivity contribution in [3.8, 4) is 0 Å². The zero-order valence-corrected chi connectivity index (χ0v) is 21.5. The number of piperidine rings is 1. The van der Waals surface area contributed by atoms with Gasteiger partial charge in [0.2, 0.25) is 5.91 Å². The average molecular weight is 533 g/mol. The topological polar surface area (TPSA) is 75.7 Å². The number of likely N-dealkylation sites (tertiary alicyclic amines) is 1. The lowest BCUT2D eigenvalue weighted by molar-refractivity contribution is -0.151. The third kappa shape index (κ3) is 6.47. The van der Waals surface area contributed by atoms with Gasteiger partial charge in [0, 0.05) is 30.3 Å². The Balaban J connectivity index is 1.29. The number of carbonyl (C=O) groups excluding carboxylic acids is 3. The third-order valence-electron chi connectivity index (χ3n) is 7.34. The first kappa shape index (κ1) is 27.0. The molecule has 1 saturated heterocycles. The molecule has 2 fully saturated rings. The molecule has 6 nitrogen and oxygen atoms in total. The summed E-state index contributed by atoms with van der Waals surface area (Å²) in [6.07, 6.45) is 4.70. The van der Waals surface area contributed by atoms with Gasteiger partial charge in [0.05, 0.1) is 17.5 Å². The van der Waals surface area contributed by atoms with E-state index in [1.807, 2.05) is 17.0 Å². The van der Waals surface area contributed by atoms with Crippen LogP contribution >= 0.6 is 11.6 Å². The van der Waals surface area contributed by atoms with E-state index >= 15 is 0 Å². The second kappa shape index (κ2) is 12.0. The van der Waals surface area contributed by atoms with Crippen molar-refractivity contribution in [3.05, 3.63) is 64.2 Å². The molecule has 0 spiro atoms. The molecule has 4 rings (SSSR count). The van der Waals surface area contributed by atoms with Crippen LogP contribution in [0, 0.1) is 23.5 Å². The summed E-state index contributed by atoms with van der Waals surface area (Å²) in [5.74, 6) is -3.01. The number of carbonyl (C=O) groups is 3. The van der Waals surface area contributed by atoms with Gasteiger partial charge in [-0.05, 0) is 74.8 Å². The number of benzene rings is 2. The van der Waals surface area contributed by atoms with Crippen molar-refractivity contribution in [2.24, 2.45) is 11.8 Å².